The van der Waals surface area contributed by atoms with E-state index >= 15 is 0 Å². The number of benzene rings is 2. The van der Waals surface area contributed by atoms with Crippen LogP contribution in [0.25, 0.3) is 16.8 Å². The molecule has 20 heavy (non-hydrogen) atoms. The maximum Gasteiger partial charge on any atom is 0.0998 e. The average molecular weight is 260 g/mol. The first-order valence-electron chi connectivity index (χ1n) is 6.18. The van der Waals surface area contributed by atoms with Gasteiger partial charge in [-0.2, -0.15) is 10.4 Å². The molecule has 0 saturated carbocycles. The van der Waals surface area contributed by atoms with Crippen molar-refractivity contribution in [3.05, 3.63) is 66.5 Å². The van der Waals surface area contributed by atoms with E-state index in [9.17, 15) is 0 Å². The number of nitrogens with two attached hydrogens (primary N) is 1. The molecule has 96 valence electrons. The molecular weight excluding hydrogens is 248 g/mol. The van der Waals surface area contributed by atoms with Gasteiger partial charge in [0.25, 0.3) is 0 Å². The number of anilines is 1. The standard InChI is InChI=1S/C16H12N4/c17-11-13-4-1-2-5-14(13)12-6-7-16(15(18)10-12)20-9-3-8-19-20/h1-10H,18H2. The van der Waals surface area contributed by atoms with Crippen LogP contribution in [0.5, 0.6) is 0 Å². The SMILES string of the molecule is N#Cc1ccccc1-c1ccc(-n2cccn2)c(N)c1. The van der Waals surface area contributed by atoms with Crippen molar-refractivity contribution in [2.45, 2.75) is 0 Å². The predicted octanol–water partition coefficient (Wildman–Crippen LogP) is 2.99. The van der Waals surface area contributed by atoms with Gasteiger partial charge >= 0.3 is 0 Å². The predicted molar refractivity (Wildman–Crippen MR) is 78.1 cm³/mol. The molecule has 0 amide bonds. The minimum Gasteiger partial charge on any atom is -0.397 e. The van der Waals surface area contributed by atoms with Crippen LogP contribution in [-0.2, 0) is 0 Å². The van der Waals surface area contributed by atoms with Gasteiger partial charge in [-0.15, -0.1) is 0 Å². The van der Waals surface area contributed by atoms with E-state index in [0.29, 0.717) is 11.3 Å². The van der Waals surface area contributed by atoms with Crippen LogP contribution < -0.4 is 5.73 Å². The van der Waals surface area contributed by atoms with Crippen molar-refractivity contribution in [1.29, 1.82) is 5.26 Å². The van der Waals surface area contributed by atoms with Crippen molar-refractivity contribution in [3.63, 3.8) is 0 Å². The van der Waals surface area contributed by atoms with Gasteiger partial charge in [-0.3, -0.25) is 0 Å². The largest absolute Gasteiger partial charge is 0.397 e. The zero-order chi connectivity index (χ0) is 13.9. The molecule has 0 bridgehead atoms. The normalized spacial score (nSPS) is 10.2. The molecule has 2 aromatic carbocycles. The number of nitrogens with zero attached hydrogens (tertiary/aromatic N) is 3. The summed E-state index contributed by atoms with van der Waals surface area (Å²) in [6.07, 6.45) is 3.55. The number of rotatable bonds is 2. The molecule has 0 fully saturated rings. The number of hydrogen-bond donors (Lipinski definition) is 1. The van der Waals surface area contributed by atoms with Gasteiger partial charge in [0, 0.05) is 12.4 Å². The summed E-state index contributed by atoms with van der Waals surface area (Å²) in [5, 5.41) is 13.3. The Balaban J connectivity index is 2.10. The molecule has 0 spiro atoms. The average Bonchev–Trinajstić information content (AvgIpc) is 3.01. The van der Waals surface area contributed by atoms with E-state index in [1.807, 2.05) is 48.7 Å². The molecule has 1 heterocycles. The smallest absolute Gasteiger partial charge is 0.0998 e. The van der Waals surface area contributed by atoms with Crippen molar-refractivity contribution < 1.29 is 0 Å². The lowest BCUT2D eigenvalue weighted by atomic mass is 9.99. The fourth-order valence-corrected chi connectivity index (χ4v) is 2.17. The molecule has 3 rings (SSSR count). The number of nitrogen functional groups attached to an aromatic ring is 1. The van der Waals surface area contributed by atoms with E-state index in [-0.39, 0.29) is 0 Å². The van der Waals surface area contributed by atoms with Gasteiger partial charge in [0.1, 0.15) is 0 Å². The van der Waals surface area contributed by atoms with Crippen LogP contribution in [-0.4, -0.2) is 9.78 Å². The third-order valence-corrected chi connectivity index (χ3v) is 3.14. The van der Waals surface area contributed by atoms with E-state index in [1.165, 1.54) is 0 Å². The van der Waals surface area contributed by atoms with Gasteiger partial charge in [0.15, 0.2) is 0 Å². The molecule has 4 nitrogen and oxygen atoms in total. The summed E-state index contributed by atoms with van der Waals surface area (Å²) in [5.74, 6) is 0. The van der Waals surface area contributed by atoms with Crippen molar-refractivity contribution in [2.75, 3.05) is 5.73 Å². The Bertz CT molecular complexity index is 782. The highest BCUT2D eigenvalue weighted by Gasteiger charge is 2.07. The fraction of sp³-hybridized carbons (Fsp3) is 0. The molecule has 0 saturated heterocycles. The van der Waals surface area contributed by atoms with Crippen LogP contribution in [0.2, 0.25) is 0 Å². The quantitative estimate of drug-likeness (QED) is 0.720. The van der Waals surface area contributed by atoms with Crippen molar-refractivity contribution in [3.8, 4) is 22.9 Å². The molecular formula is C16H12N4. The first-order chi connectivity index (χ1) is 9.79. The highest BCUT2D eigenvalue weighted by molar-refractivity contribution is 5.76. The molecule has 4 heteroatoms. The zero-order valence-corrected chi connectivity index (χ0v) is 10.7. The van der Waals surface area contributed by atoms with Crippen molar-refractivity contribution >= 4 is 5.69 Å². The molecule has 0 aliphatic carbocycles. The third kappa shape index (κ3) is 2.02. The molecule has 3 aromatic rings. The summed E-state index contributed by atoms with van der Waals surface area (Å²) < 4.78 is 1.72. The van der Waals surface area contributed by atoms with E-state index in [2.05, 4.69) is 11.2 Å². The van der Waals surface area contributed by atoms with E-state index in [4.69, 9.17) is 11.0 Å². The lowest BCUT2D eigenvalue weighted by molar-refractivity contribution is 0.883. The number of nitriles is 1. The van der Waals surface area contributed by atoms with Crippen LogP contribution in [0, 0.1) is 11.3 Å². The number of aromatic nitrogens is 2. The Hall–Kier alpha value is -3.06. The molecule has 1 aromatic heterocycles. The molecule has 2 N–H and O–H groups in total. The topological polar surface area (TPSA) is 67.6 Å². The maximum atomic E-state index is 9.16. The van der Waals surface area contributed by atoms with E-state index in [0.717, 1.165) is 16.8 Å². The minimum atomic E-state index is 0.624. The second-order valence-electron chi connectivity index (χ2n) is 4.38. The first-order valence-corrected chi connectivity index (χ1v) is 6.18. The van der Waals surface area contributed by atoms with Crippen LogP contribution >= 0.6 is 0 Å². The van der Waals surface area contributed by atoms with Gasteiger partial charge in [0.2, 0.25) is 0 Å². The summed E-state index contributed by atoms with van der Waals surface area (Å²) >= 11 is 0. The molecule has 0 atom stereocenters. The van der Waals surface area contributed by atoms with E-state index < -0.39 is 0 Å². The Labute approximate surface area is 116 Å². The third-order valence-electron chi connectivity index (χ3n) is 3.14. The van der Waals surface area contributed by atoms with Crippen LogP contribution in [0.3, 0.4) is 0 Å². The highest BCUT2D eigenvalue weighted by atomic mass is 15.3. The van der Waals surface area contributed by atoms with Gasteiger partial charge < -0.3 is 5.73 Å². The molecule has 0 unspecified atom stereocenters. The summed E-state index contributed by atoms with van der Waals surface area (Å²) in [6.45, 7) is 0. The Morgan fingerprint density at radius 1 is 1.10 bits per heavy atom. The lowest BCUT2D eigenvalue weighted by Crippen LogP contribution is -2.00. The lowest BCUT2D eigenvalue weighted by Gasteiger charge is -2.09. The van der Waals surface area contributed by atoms with Gasteiger partial charge in [0.05, 0.1) is 23.0 Å². The first kappa shape index (κ1) is 12.0. The van der Waals surface area contributed by atoms with Gasteiger partial charge in [-0.05, 0) is 35.4 Å². The fourth-order valence-electron chi connectivity index (χ4n) is 2.17. The Kier molecular flexibility index (Phi) is 2.94. The minimum absolute atomic E-state index is 0.624. The second kappa shape index (κ2) is 4.90. The van der Waals surface area contributed by atoms with Crippen molar-refractivity contribution in [1.82, 2.24) is 9.78 Å². The van der Waals surface area contributed by atoms with Gasteiger partial charge in [-0.25, -0.2) is 4.68 Å². The Morgan fingerprint density at radius 3 is 2.65 bits per heavy atom. The maximum absolute atomic E-state index is 9.16. The van der Waals surface area contributed by atoms with Gasteiger partial charge in [-0.1, -0.05) is 24.3 Å². The number of hydrogen-bond acceptors (Lipinski definition) is 3. The van der Waals surface area contributed by atoms with Crippen LogP contribution in [0.4, 0.5) is 5.69 Å². The van der Waals surface area contributed by atoms with E-state index in [1.54, 1.807) is 16.9 Å². The van der Waals surface area contributed by atoms with Crippen LogP contribution in [0.15, 0.2) is 60.9 Å². The second-order valence-corrected chi connectivity index (χ2v) is 4.38. The van der Waals surface area contributed by atoms with Crippen molar-refractivity contribution in [2.24, 2.45) is 0 Å². The zero-order valence-electron chi connectivity index (χ0n) is 10.7. The molecule has 0 radical (unpaired) electrons. The summed E-state index contributed by atoms with van der Waals surface area (Å²) in [7, 11) is 0. The molecule has 0 aliphatic heterocycles. The molecule has 0 aliphatic rings. The monoisotopic (exact) mass is 260 g/mol. The summed E-state index contributed by atoms with van der Waals surface area (Å²) in [5.41, 5.74) is 10.00. The Morgan fingerprint density at radius 2 is 1.95 bits per heavy atom. The van der Waals surface area contributed by atoms with Crippen LogP contribution in [0.1, 0.15) is 5.56 Å². The highest BCUT2D eigenvalue weighted by Crippen LogP contribution is 2.28. The summed E-state index contributed by atoms with van der Waals surface area (Å²) in [6, 6.07) is 17.2. The summed E-state index contributed by atoms with van der Waals surface area (Å²) in [4.78, 5) is 0.